The number of aryl methyl sites for hydroxylation is 1. The Bertz CT molecular complexity index is 1120. The number of carbonyl (C=O) groups is 2. The molecule has 2 aromatic carbocycles. The molecule has 6 nitrogen and oxygen atoms in total. The monoisotopic (exact) mass is 406 g/mol. The third kappa shape index (κ3) is 3.65. The summed E-state index contributed by atoms with van der Waals surface area (Å²) in [5.41, 5.74) is 3.97. The molecule has 30 heavy (non-hydrogen) atoms. The van der Waals surface area contributed by atoms with Crippen molar-refractivity contribution in [2.24, 2.45) is 0 Å². The molecule has 156 valence electrons. The zero-order valence-corrected chi connectivity index (χ0v) is 17.6. The van der Waals surface area contributed by atoms with Gasteiger partial charge in [0.25, 0.3) is 0 Å². The Kier molecular flexibility index (Phi) is 5.48. The number of methoxy groups -OCH3 is 2. The molecule has 0 radical (unpaired) electrons. The Hall–Kier alpha value is -3.28. The summed E-state index contributed by atoms with van der Waals surface area (Å²) in [5, 5.41) is 0.936. The first kappa shape index (κ1) is 20.0. The van der Waals surface area contributed by atoms with Crippen molar-refractivity contribution >= 4 is 22.6 Å². The molecule has 0 atom stereocenters. The maximum atomic E-state index is 12.9. The number of nitrogens with zero attached hydrogens (tertiary/aromatic N) is 2. The number of hydrogen-bond donors (Lipinski definition) is 0. The SMILES string of the molecule is COc1cc2c(cc1OC)CN(C(=O)CCn1cc(C(C)=O)c3ccccc31)CC2. The van der Waals surface area contributed by atoms with Crippen molar-refractivity contribution in [3.8, 4) is 11.5 Å². The van der Waals surface area contributed by atoms with Crippen LogP contribution in [-0.4, -0.2) is 41.9 Å². The predicted octanol–water partition coefficient (Wildman–Crippen LogP) is 3.84. The summed E-state index contributed by atoms with van der Waals surface area (Å²) in [6.45, 7) is 3.37. The minimum atomic E-state index is 0.0355. The number of amides is 1. The minimum Gasteiger partial charge on any atom is -0.493 e. The number of Topliss-reactive ketones (excluding diaryl/α,β-unsaturated/α-hetero) is 1. The van der Waals surface area contributed by atoms with E-state index in [9.17, 15) is 9.59 Å². The van der Waals surface area contributed by atoms with Gasteiger partial charge in [-0.1, -0.05) is 18.2 Å². The van der Waals surface area contributed by atoms with Crippen molar-refractivity contribution in [1.29, 1.82) is 0 Å². The molecule has 0 saturated carbocycles. The second kappa shape index (κ2) is 8.22. The lowest BCUT2D eigenvalue weighted by atomic mass is 9.98. The van der Waals surface area contributed by atoms with Gasteiger partial charge >= 0.3 is 0 Å². The normalized spacial score (nSPS) is 13.2. The van der Waals surface area contributed by atoms with Crippen molar-refractivity contribution in [2.75, 3.05) is 20.8 Å². The number of carbonyl (C=O) groups excluding carboxylic acids is 2. The van der Waals surface area contributed by atoms with Crippen molar-refractivity contribution in [2.45, 2.75) is 32.9 Å². The number of hydrogen-bond acceptors (Lipinski definition) is 4. The summed E-state index contributed by atoms with van der Waals surface area (Å²) in [5.74, 6) is 1.55. The van der Waals surface area contributed by atoms with Gasteiger partial charge in [-0.3, -0.25) is 9.59 Å². The molecule has 1 aromatic heterocycles. The summed E-state index contributed by atoms with van der Waals surface area (Å²) in [6, 6.07) is 11.8. The van der Waals surface area contributed by atoms with Crippen LogP contribution in [0.2, 0.25) is 0 Å². The van der Waals surface area contributed by atoms with Gasteiger partial charge < -0.3 is 18.9 Å². The average Bonchev–Trinajstić information content (AvgIpc) is 3.15. The Labute approximate surface area is 176 Å². The van der Waals surface area contributed by atoms with E-state index in [1.54, 1.807) is 21.1 Å². The highest BCUT2D eigenvalue weighted by Gasteiger charge is 2.23. The molecule has 6 heteroatoms. The van der Waals surface area contributed by atoms with E-state index in [1.807, 2.05) is 52.1 Å². The molecule has 0 fully saturated rings. The molecule has 1 aliphatic heterocycles. The van der Waals surface area contributed by atoms with Crippen molar-refractivity contribution in [1.82, 2.24) is 9.47 Å². The van der Waals surface area contributed by atoms with E-state index in [0.29, 0.717) is 37.4 Å². The van der Waals surface area contributed by atoms with E-state index in [-0.39, 0.29) is 11.7 Å². The van der Waals surface area contributed by atoms with Gasteiger partial charge in [-0.05, 0) is 42.7 Å². The number of ether oxygens (including phenoxy) is 2. The summed E-state index contributed by atoms with van der Waals surface area (Å²) >= 11 is 0. The third-order valence-electron chi connectivity index (χ3n) is 5.81. The summed E-state index contributed by atoms with van der Waals surface area (Å²) < 4.78 is 12.8. The summed E-state index contributed by atoms with van der Waals surface area (Å²) in [4.78, 5) is 26.8. The number of fused-ring (bicyclic) bond motifs is 2. The maximum Gasteiger partial charge on any atom is 0.224 e. The van der Waals surface area contributed by atoms with Crippen LogP contribution in [0.4, 0.5) is 0 Å². The second-order valence-corrected chi connectivity index (χ2v) is 7.60. The molecule has 0 saturated heterocycles. The number of para-hydroxylation sites is 1. The van der Waals surface area contributed by atoms with E-state index in [2.05, 4.69) is 0 Å². The fourth-order valence-corrected chi connectivity index (χ4v) is 4.18. The fourth-order valence-electron chi connectivity index (χ4n) is 4.18. The Morgan fingerprint density at radius 2 is 1.73 bits per heavy atom. The number of aromatic nitrogens is 1. The van der Waals surface area contributed by atoms with Gasteiger partial charge in [0, 0.05) is 48.7 Å². The average molecular weight is 406 g/mol. The predicted molar refractivity (Wildman–Crippen MR) is 115 cm³/mol. The zero-order chi connectivity index (χ0) is 21.3. The molecular formula is C24H26N2O4. The van der Waals surface area contributed by atoms with E-state index in [0.717, 1.165) is 28.6 Å². The molecule has 1 amide bonds. The Morgan fingerprint density at radius 3 is 2.43 bits per heavy atom. The molecule has 4 rings (SSSR count). The smallest absolute Gasteiger partial charge is 0.224 e. The fraction of sp³-hybridized carbons (Fsp3) is 0.333. The van der Waals surface area contributed by atoms with E-state index < -0.39 is 0 Å². The topological polar surface area (TPSA) is 60.8 Å². The molecular weight excluding hydrogens is 380 g/mol. The van der Waals surface area contributed by atoms with Gasteiger partial charge in [-0.15, -0.1) is 0 Å². The minimum absolute atomic E-state index is 0.0355. The van der Waals surface area contributed by atoms with Crippen molar-refractivity contribution in [3.63, 3.8) is 0 Å². The molecule has 0 bridgehead atoms. The van der Waals surface area contributed by atoms with E-state index in [1.165, 1.54) is 5.56 Å². The van der Waals surface area contributed by atoms with Gasteiger partial charge in [0.05, 0.1) is 14.2 Å². The Morgan fingerprint density at radius 1 is 1.03 bits per heavy atom. The van der Waals surface area contributed by atoms with Crippen LogP contribution >= 0.6 is 0 Å². The van der Waals surface area contributed by atoms with Crippen LogP contribution in [0.1, 0.15) is 34.8 Å². The van der Waals surface area contributed by atoms with Crippen LogP contribution in [0, 0.1) is 0 Å². The molecule has 0 N–H and O–H groups in total. The van der Waals surface area contributed by atoms with Gasteiger partial charge in [0.15, 0.2) is 17.3 Å². The lowest BCUT2D eigenvalue weighted by molar-refractivity contribution is -0.132. The van der Waals surface area contributed by atoms with Crippen molar-refractivity contribution in [3.05, 3.63) is 59.3 Å². The van der Waals surface area contributed by atoms with Crippen LogP contribution in [-0.2, 0) is 24.3 Å². The molecule has 0 aliphatic carbocycles. The van der Waals surface area contributed by atoms with Gasteiger partial charge in [-0.2, -0.15) is 0 Å². The standard InChI is InChI=1S/C24H26N2O4/c1-16(27)20-15-25(21-7-5-4-6-19(20)21)11-9-24(28)26-10-8-17-12-22(29-2)23(30-3)13-18(17)14-26/h4-7,12-13,15H,8-11,14H2,1-3H3. The van der Waals surface area contributed by atoms with E-state index in [4.69, 9.17) is 9.47 Å². The van der Waals surface area contributed by atoms with Crippen LogP contribution in [0.3, 0.4) is 0 Å². The van der Waals surface area contributed by atoms with E-state index >= 15 is 0 Å². The summed E-state index contributed by atoms with van der Waals surface area (Å²) in [6.07, 6.45) is 3.05. The largest absolute Gasteiger partial charge is 0.493 e. The third-order valence-corrected chi connectivity index (χ3v) is 5.81. The van der Waals surface area contributed by atoms with Crippen LogP contribution in [0.5, 0.6) is 11.5 Å². The highest BCUT2D eigenvalue weighted by Crippen LogP contribution is 2.33. The number of benzene rings is 2. The lowest BCUT2D eigenvalue weighted by Crippen LogP contribution is -2.36. The molecule has 2 heterocycles. The van der Waals surface area contributed by atoms with Gasteiger partial charge in [0.2, 0.25) is 5.91 Å². The zero-order valence-electron chi connectivity index (χ0n) is 17.6. The van der Waals surface area contributed by atoms with Crippen LogP contribution < -0.4 is 9.47 Å². The second-order valence-electron chi connectivity index (χ2n) is 7.60. The van der Waals surface area contributed by atoms with Crippen LogP contribution in [0.15, 0.2) is 42.6 Å². The first-order valence-electron chi connectivity index (χ1n) is 10.1. The number of rotatable bonds is 6. The summed E-state index contributed by atoms with van der Waals surface area (Å²) in [7, 11) is 3.25. The van der Waals surface area contributed by atoms with Gasteiger partial charge in [-0.25, -0.2) is 0 Å². The maximum absolute atomic E-state index is 12.9. The lowest BCUT2D eigenvalue weighted by Gasteiger charge is -2.30. The molecule has 0 spiro atoms. The quantitative estimate of drug-likeness (QED) is 0.584. The van der Waals surface area contributed by atoms with Crippen molar-refractivity contribution < 1.29 is 19.1 Å². The Balaban J connectivity index is 1.48. The van der Waals surface area contributed by atoms with Crippen LogP contribution in [0.25, 0.3) is 10.9 Å². The first-order chi connectivity index (χ1) is 14.5. The van der Waals surface area contributed by atoms with Gasteiger partial charge in [0.1, 0.15) is 0 Å². The molecule has 0 unspecified atom stereocenters. The first-order valence-corrected chi connectivity index (χ1v) is 10.1. The molecule has 3 aromatic rings. The molecule has 1 aliphatic rings. The highest BCUT2D eigenvalue weighted by molar-refractivity contribution is 6.07. The highest BCUT2D eigenvalue weighted by atomic mass is 16.5. The number of ketones is 1.